The Labute approximate surface area is 264 Å². The molecule has 8 nitrogen and oxygen atoms in total. The summed E-state index contributed by atoms with van der Waals surface area (Å²) in [4.78, 5) is 40.3. The van der Waals surface area contributed by atoms with Crippen LogP contribution in [0, 0.1) is 13.8 Å². The molecule has 0 aliphatic carbocycles. The summed E-state index contributed by atoms with van der Waals surface area (Å²) >= 11 is 0. The molecule has 4 N–H and O–H groups in total. The smallest absolute Gasteiger partial charge is 0.303 e. The summed E-state index contributed by atoms with van der Waals surface area (Å²) in [7, 11) is 0. The Morgan fingerprint density at radius 3 is 1.44 bits per heavy atom. The van der Waals surface area contributed by atoms with Crippen LogP contribution in [0.2, 0.25) is 0 Å². The number of hydrogen-bond acceptors (Lipinski definition) is 4. The molecule has 43 heavy (non-hydrogen) atoms. The quantitative estimate of drug-likeness (QED) is 0.189. The third-order valence-corrected chi connectivity index (χ3v) is 8.69. The molecule has 5 heterocycles. The van der Waals surface area contributed by atoms with Crippen molar-refractivity contribution in [1.82, 2.24) is 19.9 Å². The molecule has 3 aromatic rings. The summed E-state index contributed by atoms with van der Waals surface area (Å²) in [6.45, 7) is 12.5. The molecule has 0 spiro atoms. The molecule has 2 aliphatic rings. The van der Waals surface area contributed by atoms with Crippen molar-refractivity contribution >= 4 is 56.3 Å². The number of aromatic nitrogens is 4. The first-order chi connectivity index (χ1) is 20.0. The van der Waals surface area contributed by atoms with E-state index in [2.05, 4.69) is 49.8 Å². The molecule has 5 rings (SSSR count). The fourth-order valence-electron chi connectivity index (χ4n) is 6.22. The average Bonchev–Trinajstić information content (AvgIpc) is 3.59. The van der Waals surface area contributed by atoms with E-state index in [1.165, 1.54) is 16.7 Å². The number of carbonyl (C=O) groups is 2. The fraction of sp³-hybridized carbons (Fsp3) is 0.353. The van der Waals surface area contributed by atoms with E-state index in [0.717, 1.165) is 74.2 Å². The van der Waals surface area contributed by atoms with E-state index < -0.39 is 11.9 Å². The van der Waals surface area contributed by atoms with Gasteiger partial charge in [0.15, 0.2) is 0 Å². The molecule has 0 radical (unpaired) electrons. The zero-order valence-electron chi connectivity index (χ0n) is 25.9. The van der Waals surface area contributed by atoms with Gasteiger partial charge < -0.3 is 20.2 Å². The Kier molecular flexibility index (Phi) is 9.55. The van der Waals surface area contributed by atoms with Crippen molar-refractivity contribution in [3.05, 3.63) is 69.3 Å². The molecule has 8 bridgehead atoms. The first-order valence-electron chi connectivity index (χ1n) is 14.6. The van der Waals surface area contributed by atoms with Gasteiger partial charge in [0, 0.05) is 54.4 Å². The number of allylic oxidation sites excluding steroid dienone is 4. The molecule has 0 aromatic carbocycles. The Hall–Kier alpha value is -3.84. The second kappa shape index (κ2) is 12.8. The van der Waals surface area contributed by atoms with Crippen LogP contribution >= 0.6 is 0 Å². The number of carboxylic acids is 2. The van der Waals surface area contributed by atoms with Crippen molar-refractivity contribution in [3.63, 3.8) is 0 Å². The van der Waals surface area contributed by atoms with Gasteiger partial charge in [0.1, 0.15) is 0 Å². The summed E-state index contributed by atoms with van der Waals surface area (Å²) < 4.78 is 0. The number of carboxylic acid groups (broad SMARTS) is 2. The summed E-state index contributed by atoms with van der Waals surface area (Å²) in [6.07, 6.45) is 2.37. The second-order valence-corrected chi connectivity index (χ2v) is 11.2. The van der Waals surface area contributed by atoms with E-state index in [1.54, 1.807) is 0 Å². The van der Waals surface area contributed by atoms with Crippen LogP contribution in [0.5, 0.6) is 0 Å². The zero-order valence-corrected chi connectivity index (χ0v) is 28.8. The van der Waals surface area contributed by atoms with Crippen LogP contribution in [0.4, 0.5) is 0 Å². The first-order valence-corrected chi connectivity index (χ1v) is 14.6. The maximum absolute atomic E-state index is 11.5. The number of aryl methyl sites for hydroxylation is 4. The molecule has 0 fully saturated rings. The standard InChI is InChI=1S/C34H38N4O4.Zn/c1-7-21-17(3)25-13-26-19(5)23(9-11-33(39)40)31(37-26)16-32-24(10-12-34(41)42)20(6)28(38-32)15-30-22(8-2)18(4)27(36-30)14-29(21)35-25;/h13-16,35-36H,7-12H2,1-6H3,(H,39,40)(H,41,42);. The molecule has 3 aromatic heterocycles. The monoisotopic (exact) mass is 630 g/mol. The van der Waals surface area contributed by atoms with Crippen molar-refractivity contribution < 1.29 is 39.3 Å². The molecule has 0 unspecified atom stereocenters. The molecule has 0 amide bonds. The van der Waals surface area contributed by atoms with Gasteiger partial charge in [0.25, 0.3) is 0 Å². The van der Waals surface area contributed by atoms with Gasteiger partial charge in [-0.1, -0.05) is 13.8 Å². The van der Waals surface area contributed by atoms with Crippen LogP contribution in [-0.2, 0) is 41.9 Å². The average molecular weight is 632 g/mol. The van der Waals surface area contributed by atoms with Crippen LogP contribution in [0.15, 0.2) is 24.3 Å². The number of nitrogens with zero attached hydrogens (tertiary/aromatic N) is 2. The number of hydrogen-bond donors (Lipinski definition) is 4. The Morgan fingerprint density at radius 2 is 1.02 bits per heavy atom. The van der Waals surface area contributed by atoms with Crippen LogP contribution in [-0.4, -0.2) is 42.1 Å². The van der Waals surface area contributed by atoms with Gasteiger partial charge in [-0.2, -0.15) is 0 Å². The van der Waals surface area contributed by atoms with Crippen LogP contribution in [0.1, 0.15) is 98.4 Å². The van der Waals surface area contributed by atoms with Crippen LogP contribution in [0.3, 0.4) is 0 Å². The minimum absolute atomic E-state index is 0. The van der Waals surface area contributed by atoms with Crippen molar-refractivity contribution in [2.75, 3.05) is 0 Å². The fourth-order valence-corrected chi connectivity index (χ4v) is 6.22. The van der Waals surface area contributed by atoms with Crippen molar-refractivity contribution in [3.8, 4) is 0 Å². The molecule has 220 valence electrons. The van der Waals surface area contributed by atoms with Gasteiger partial charge >= 0.3 is 11.9 Å². The maximum atomic E-state index is 11.5. The normalized spacial score (nSPS) is 13.0. The summed E-state index contributed by atoms with van der Waals surface area (Å²) in [6, 6.07) is 8.19. The van der Waals surface area contributed by atoms with Crippen molar-refractivity contribution in [1.29, 1.82) is 0 Å². The largest absolute Gasteiger partial charge is 0.481 e. The molecule has 0 saturated carbocycles. The number of aliphatic carboxylic acids is 2. The summed E-state index contributed by atoms with van der Waals surface area (Å²) in [5.41, 5.74) is 15.4. The predicted molar refractivity (Wildman–Crippen MR) is 168 cm³/mol. The number of nitrogens with one attached hydrogen (secondary N) is 2. The Morgan fingerprint density at radius 1 is 0.628 bits per heavy atom. The molecular weight excluding hydrogens is 594 g/mol. The van der Waals surface area contributed by atoms with Crippen molar-refractivity contribution in [2.24, 2.45) is 0 Å². The van der Waals surface area contributed by atoms with Gasteiger partial charge in [0.05, 0.1) is 22.8 Å². The minimum Gasteiger partial charge on any atom is -0.481 e. The van der Waals surface area contributed by atoms with Gasteiger partial charge in [-0.25, -0.2) is 9.97 Å². The number of rotatable bonds is 8. The van der Waals surface area contributed by atoms with E-state index in [4.69, 9.17) is 9.97 Å². The molecule has 0 saturated heterocycles. The van der Waals surface area contributed by atoms with E-state index in [0.29, 0.717) is 24.2 Å². The van der Waals surface area contributed by atoms with Gasteiger partial charge in [-0.05, 0) is 122 Å². The third-order valence-electron chi connectivity index (χ3n) is 8.69. The van der Waals surface area contributed by atoms with E-state index in [-0.39, 0.29) is 32.3 Å². The number of aromatic amines is 2. The Bertz CT molecular complexity index is 1860. The molecule has 9 heteroatoms. The Balaban J connectivity index is 0.00000423. The third kappa shape index (κ3) is 6.14. The van der Waals surface area contributed by atoms with Gasteiger partial charge in [-0.3, -0.25) is 9.59 Å². The van der Waals surface area contributed by atoms with Gasteiger partial charge in [-0.15, -0.1) is 0 Å². The SMILES string of the molecule is CCc1c(C)c2cc3[nH]c(cc4nc(cc5nc(cc1[nH]2)C(C)=C5CCC(=O)O)C(CCC(=O)O)=C4C)c(C)c3CC.[Zn]. The predicted octanol–water partition coefficient (Wildman–Crippen LogP) is 7.64. The topological polar surface area (TPSA) is 132 Å². The second-order valence-electron chi connectivity index (χ2n) is 11.2. The van der Waals surface area contributed by atoms with Crippen molar-refractivity contribution in [2.45, 2.75) is 80.1 Å². The van der Waals surface area contributed by atoms with Crippen LogP contribution < -0.4 is 0 Å². The first kappa shape index (κ1) is 32.1. The maximum Gasteiger partial charge on any atom is 0.303 e. The number of fused-ring (bicyclic) bond motifs is 8. The van der Waals surface area contributed by atoms with E-state index in [1.807, 2.05) is 26.0 Å². The summed E-state index contributed by atoms with van der Waals surface area (Å²) in [5.74, 6) is -1.74. The summed E-state index contributed by atoms with van der Waals surface area (Å²) in [5, 5.41) is 18.9. The van der Waals surface area contributed by atoms with E-state index >= 15 is 0 Å². The molecule has 2 aliphatic heterocycles. The number of H-pyrrole nitrogens is 2. The van der Waals surface area contributed by atoms with E-state index in [9.17, 15) is 19.8 Å². The molecular formula is C34H38N4O4Zn. The molecule has 0 atom stereocenters. The minimum atomic E-state index is -0.869. The van der Waals surface area contributed by atoms with Crippen LogP contribution in [0.25, 0.3) is 44.4 Å². The zero-order chi connectivity index (χ0) is 30.3. The van der Waals surface area contributed by atoms with Gasteiger partial charge in [0.2, 0.25) is 0 Å².